The van der Waals surface area contributed by atoms with Crippen LogP contribution in [-0.2, 0) is 0 Å². The fraction of sp³-hybridized carbons (Fsp3) is 0.333. The molecule has 0 heterocycles. The summed E-state index contributed by atoms with van der Waals surface area (Å²) in [5.74, 6) is 0.233. The van der Waals surface area contributed by atoms with Crippen LogP contribution in [0.25, 0.3) is 0 Å². The van der Waals surface area contributed by atoms with Crippen LogP contribution in [0, 0.1) is 6.92 Å². The molecule has 0 amide bonds. The van der Waals surface area contributed by atoms with E-state index in [0.29, 0.717) is 0 Å². The van der Waals surface area contributed by atoms with Crippen molar-refractivity contribution in [3.8, 4) is 0 Å². The van der Waals surface area contributed by atoms with Gasteiger partial charge in [-0.15, -0.1) is 11.6 Å². The smallest absolute Gasteiger partial charge is 0.0928 e. The van der Waals surface area contributed by atoms with Crippen molar-refractivity contribution < 1.29 is 5.11 Å². The van der Waals surface area contributed by atoms with E-state index in [9.17, 15) is 5.11 Å². The van der Waals surface area contributed by atoms with Crippen molar-refractivity contribution >= 4 is 27.5 Å². The van der Waals surface area contributed by atoms with Crippen LogP contribution in [0.4, 0.5) is 0 Å². The summed E-state index contributed by atoms with van der Waals surface area (Å²) in [6.45, 7) is 1.96. The van der Waals surface area contributed by atoms with Gasteiger partial charge in [0, 0.05) is 4.47 Å². The van der Waals surface area contributed by atoms with Crippen molar-refractivity contribution in [2.75, 3.05) is 5.88 Å². The van der Waals surface area contributed by atoms with Crippen LogP contribution < -0.4 is 0 Å². The van der Waals surface area contributed by atoms with Gasteiger partial charge in [0.25, 0.3) is 0 Å². The van der Waals surface area contributed by atoms with Crippen LogP contribution in [0.2, 0.25) is 0 Å². The lowest BCUT2D eigenvalue weighted by Crippen LogP contribution is -2.00. The van der Waals surface area contributed by atoms with Crippen LogP contribution in [0.15, 0.2) is 22.7 Å². The highest BCUT2D eigenvalue weighted by atomic mass is 79.9. The van der Waals surface area contributed by atoms with Gasteiger partial charge in [-0.25, -0.2) is 0 Å². The molecule has 66 valence electrons. The van der Waals surface area contributed by atoms with E-state index in [4.69, 9.17) is 11.6 Å². The molecule has 1 aromatic rings. The van der Waals surface area contributed by atoms with Gasteiger partial charge in [-0.1, -0.05) is 22.0 Å². The van der Waals surface area contributed by atoms with Crippen LogP contribution in [-0.4, -0.2) is 11.0 Å². The first-order chi connectivity index (χ1) is 5.65. The quantitative estimate of drug-likeness (QED) is 0.799. The lowest BCUT2D eigenvalue weighted by molar-refractivity contribution is 0.202. The molecule has 0 saturated carbocycles. The number of hydrogen-bond acceptors (Lipinski definition) is 1. The van der Waals surface area contributed by atoms with Crippen LogP contribution in [0.1, 0.15) is 17.2 Å². The number of aliphatic hydroxyl groups is 1. The van der Waals surface area contributed by atoms with Crippen molar-refractivity contribution in [1.82, 2.24) is 0 Å². The second kappa shape index (κ2) is 4.26. The molecule has 0 radical (unpaired) electrons. The third kappa shape index (κ3) is 2.22. The number of alkyl halides is 1. The molecule has 1 aromatic carbocycles. The SMILES string of the molecule is Cc1ccc(Br)cc1[C@@H](O)CCl. The minimum atomic E-state index is -0.566. The maximum atomic E-state index is 9.48. The maximum Gasteiger partial charge on any atom is 0.0928 e. The zero-order valence-electron chi connectivity index (χ0n) is 6.72. The summed E-state index contributed by atoms with van der Waals surface area (Å²) >= 11 is 8.89. The molecule has 1 rings (SSSR count). The van der Waals surface area contributed by atoms with Crippen molar-refractivity contribution in [1.29, 1.82) is 0 Å². The summed E-state index contributed by atoms with van der Waals surface area (Å²) in [6.07, 6.45) is -0.566. The Labute approximate surface area is 85.5 Å². The average molecular weight is 250 g/mol. The highest BCUT2D eigenvalue weighted by molar-refractivity contribution is 9.10. The first-order valence-corrected chi connectivity index (χ1v) is 4.98. The van der Waals surface area contributed by atoms with Gasteiger partial charge in [0.05, 0.1) is 12.0 Å². The van der Waals surface area contributed by atoms with E-state index in [2.05, 4.69) is 15.9 Å². The fourth-order valence-electron chi connectivity index (χ4n) is 1.05. The molecule has 1 N–H and O–H groups in total. The molecule has 0 bridgehead atoms. The molecule has 0 spiro atoms. The normalized spacial score (nSPS) is 13.0. The molecule has 0 unspecified atom stereocenters. The standard InChI is InChI=1S/C9H10BrClO/c1-6-2-3-7(10)4-8(6)9(12)5-11/h2-4,9,12H,5H2,1H3/t9-/m0/s1. The second-order valence-corrected chi connectivity index (χ2v) is 3.90. The van der Waals surface area contributed by atoms with E-state index in [1.54, 1.807) is 0 Å². The summed E-state index contributed by atoms with van der Waals surface area (Å²) in [6, 6.07) is 5.79. The molecule has 0 aliphatic carbocycles. The number of aryl methyl sites for hydroxylation is 1. The van der Waals surface area contributed by atoms with Gasteiger partial charge >= 0.3 is 0 Å². The summed E-state index contributed by atoms with van der Waals surface area (Å²) in [5.41, 5.74) is 1.95. The van der Waals surface area contributed by atoms with E-state index in [0.717, 1.165) is 15.6 Å². The van der Waals surface area contributed by atoms with Gasteiger partial charge < -0.3 is 5.11 Å². The zero-order valence-corrected chi connectivity index (χ0v) is 9.06. The Hall–Kier alpha value is -0.0500. The first-order valence-electron chi connectivity index (χ1n) is 3.65. The minimum Gasteiger partial charge on any atom is -0.387 e. The van der Waals surface area contributed by atoms with Gasteiger partial charge in [0.1, 0.15) is 0 Å². The average Bonchev–Trinajstić information content (AvgIpc) is 2.08. The van der Waals surface area contributed by atoms with Gasteiger partial charge in [-0.2, -0.15) is 0 Å². The Balaban J connectivity index is 3.04. The number of rotatable bonds is 2. The third-order valence-corrected chi connectivity index (χ3v) is 2.53. The van der Waals surface area contributed by atoms with E-state index in [1.165, 1.54) is 0 Å². The molecular formula is C9H10BrClO. The minimum absolute atomic E-state index is 0.233. The predicted octanol–water partition coefficient (Wildman–Crippen LogP) is 3.03. The van der Waals surface area contributed by atoms with Crippen molar-refractivity contribution in [2.45, 2.75) is 13.0 Å². The van der Waals surface area contributed by atoms with Crippen LogP contribution in [0.3, 0.4) is 0 Å². The topological polar surface area (TPSA) is 20.2 Å². The number of halogens is 2. The van der Waals surface area contributed by atoms with Crippen LogP contribution in [0.5, 0.6) is 0 Å². The van der Waals surface area contributed by atoms with E-state index in [1.807, 2.05) is 25.1 Å². The van der Waals surface area contributed by atoms with Gasteiger partial charge in [0.15, 0.2) is 0 Å². The van der Waals surface area contributed by atoms with Gasteiger partial charge in [-0.05, 0) is 30.2 Å². The Morgan fingerprint density at radius 3 is 2.83 bits per heavy atom. The third-order valence-electron chi connectivity index (χ3n) is 1.75. The number of benzene rings is 1. The molecule has 0 aliphatic heterocycles. The lowest BCUT2D eigenvalue weighted by atomic mass is 10.1. The first kappa shape index (κ1) is 10.0. The summed E-state index contributed by atoms with van der Waals surface area (Å²) in [4.78, 5) is 0. The molecule has 0 aliphatic rings. The van der Waals surface area contributed by atoms with Crippen molar-refractivity contribution in [3.63, 3.8) is 0 Å². The van der Waals surface area contributed by atoms with Gasteiger partial charge in [-0.3, -0.25) is 0 Å². The number of hydrogen-bond donors (Lipinski definition) is 1. The van der Waals surface area contributed by atoms with Crippen LogP contribution >= 0.6 is 27.5 Å². The molecule has 0 aromatic heterocycles. The number of aliphatic hydroxyl groups excluding tert-OH is 1. The zero-order chi connectivity index (χ0) is 9.14. The Morgan fingerprint density at radius 2 is 2.25 bits per heavy atom. The second-order valence-electron chi connectivity index (χ2n) is 2.67. The van der Waals surface area contributed by atoms with Crippen molar-refractivity contribution in [3.05, 3.63) is 33.8 Å². The molecule has 0 fully saturated rings. The monoisotopic (exact) mass is 248 g/mol. The van der Waals surface area contributed by atoms with E-state index in [-0.39, 0.29) is 5.88 Å². The molecule has 3 heteroatoms. The van der Waals surface area contributed by atoms with E-state index >= 15 is 0 Å². The summed E-state index contributed by atoms with van der Waals surface area (Å²) < 4.78 is 0.965. The highest BCUT2D eigenvalue weighted by Crippen LogP contribution is 2.22. The molecule has 1 nitrogen and oxygen atoms in total. The maximum absolute atomic E-state index is 9.48. The highest BCUT2D eigenvalue weighted by Gasteiger charge is 2.08. The summed E-state index contributed by atoms with van der Waals surface area (Å²) in [5, 5.41) is 9.48. The Kier molecular flexibility index (Phi) is 3.56. The molecule has 0 saturated heterocycles. The Morgan fingerprint density at radius 1 is 1.58 bits per heavy atom. The molecular weight excluding hydrogens is 239 g/mol. The lowest BCUT2D eigenvalue weighted by Gasteiger charge is -2.10. The van der Waals surface area contributed by atoms with E-state index < -0.39 is 6.10 Å². The van der Waals surface area contributed by atoms with Crippen molar-refractivity contribution in [2.24, 2.45) is 0 Å². The largest absolute Gasteiger partial charge is 0.387 e. The van der Waals surface area contributed by atoms with Gasteiger partial charge in [0.2, 0.25) is 0 Å². The fourth-order valence-corrected chi connectivity index (χ4v) is 1.60. The molecule has 12 heavy (non-hydrogen) atoms. The predicted molar refractivity (Wildman–Crippen MR) is 54.6 cm³/mol. The summed E-state index contributed by atoms with van der Waals surface area (Å²) in [7, 11) is 0. The Bertz CT molecular complexity index is 275. The molecule has 1 atom stereocenters.